The molecule has 0 spiro atoms. The summed E-state index contributed by atoms with van der Waals surface area (Å²) in [7, 11) is 0. The molecule has 0 heterocycles. The van der Waals surface area contributed by atoms with Crippen LogP contribution in [0.2, 0.25) is 0 Å². The lowest BCUT2D eigenvalue weighted by molar-refractivity contribution is 0.628. The van der Waals surface area contributed by atoms with E-state index >= 15 is 0 Å². The summed E-state index contributed by atoms with van der Waals surface area (Å²) in [5, 5.41) is 2.21. The zero-order valence-corrected chi connectivity index (χ0v) is 10.6. The molecule has 0 nitrogen and oxygen atoms in total. The van der Waals surface area contributed by atoms with Gasteiger partial charge in [0.25, 0.3) is 0 Å². The second kappa shape index (κ2) is 4.48. The van der Waals surface area contributed by atoms with Crippen molar-refractivity contribution < 1.29 is 4.39 Å². The zero-order valence-electron chi connectivity index (χ0n) is 8.93. The van der Waals surface area contributed by atoms with Crippen molar-refractivity contribution in [3.8, 4) is 0 Å². The third-order valence-corrected chi connectivity index (χ3v) is 6.40. The third-order valence-electron chi connectivity index (χ3n) is 2.57. The molecule has 0 aliphatic carbocycles. The van der Waals surface area contributed by atoms with E-state index in [1.165, 1.54) is 12.1 Å². The molecule has 0 aliphatic heterocycles. The first-order valence-corrected chi connectivity index (χ1v) is 8.25. The van der Waals surface area contributed by atoms with Gasteiger partial charge in [0.05, 0.1) is 0 Å². The van der Waals surface area contributed by atoms with Crippen LogP contribution in [0.5, 0.6) is 0 Å². The van der Waals surface area contributed by atoms with Gasteiger partial charge in [0.1, 0.15) is 5.82 Å². The Bertz CT molecular complexity index is 519. The summed E-state index contributed by atoms with van der Waals surface area (Å²) in [6.07, 6.45) is 0. The van der Waals surface area contributed by atoms with Crippen molar-refractivity contribution in [2.24, 2.45) is 0 Å². The molecule has 82 valence electrons. The molecule has 1 unspecified atom stereocenters. The molecule has 1 atom stereocenters. The van der Waals surface area contributed by atoms with Crippen LogP contribution in [0.3, 0.4) is 0 Å². The first kappa shape index (κ1) is 11.5. The molecule has 0 aliphatic rings. The summed E-state index contributed by atoms with van der Waals surface area (Å²) >= 11 is 5.71. The number of rotatable bonds is 2. The number of benzene rings is 2. The van der Waals surface area contributed by atoms with Crippen LogP contribution in [0.4, 0.5) is 4.39 Å². The van der Waals surface area contributed by atoms with E-state index in [-0.39, 0.29) is 5.82 Å². The molecule has 0 aromatic heterocycles. The molecule has 3 heteroatoms. The molecule has 2 rings (SSSR count). The topological polar surface area (TPSA) is 0 Å². The van der Waals surface area contributed by atoms with Gasteiger partial charge in [-0.25, -0.2) is 4.39 Å². The average molecular weight is 250 g/mol. The summed E-state index contributed by atoms with van der Waals surface area (Å²) in [5.41, 5.74) is 0. The van der Waals surface area contributed by atoms with Gasteiger partial charge in [0.2, 0.25) is 0 Å². The molecule has 2 aromatic carbocycles. The third kappa shape index (κ3) is 2.23. The van der Waals surface area contributed by atoms with Crippen LogP contribution < -0.4 is 10.6 Å². The highest BCUT2D eigenvalue weighted by Crippen LogP contribution is 2.38. The fourth-order valence-corrected chi connectivity index (χ4v) is 4.07. The van der Waals surface area contributed by atoms with Crippen molar-refractivity contribution in [3.05, 3.63) is 60.4 Å². The highest BCUT2D eigenvalue weighted by molar-refractivity contribution is 8.21. The standard InChI is InChI=1S/C13H12FPS/c1-15(16,12-5-3-2-4-6-12)13-9-7-11(14)8-10-13/h2-10H,1H3. The molecule has 0 saturated heterocycles. The van der Waals surface area contributed by atoms with E-state index in [1.54, 1.807) is 12.1 Å². The Morgan fingerprint density at radius 3 is 1.94 bits per heavy atom. The largest absolute Gasteiger partial charge is 0.207 e. The molecule has 16 heavy (non-hydrogen) atoms. The highest BCUT2D eigenvalue weighted by atomic mass is 32.4. The van der Waals surface area contributed by atoms with Gasteiger partial charge >= 0.3 is 0 Å². The van der Waals surface area contributed by atoms with E-state index < -0.39 is 6.04 Å². The number of hydrogen-bond donors (Lipinski definition) is 0. The Kier molecular flexibility index (Phi) is 3.22. The van der Waals surface area contributed by atoms with Crippen LogP contribution in [-0.2, 0) is 11.8 Å². The number of halogens is 1. The monoisotopic (exact) mass is 250 g/mol. The van der Waals surface area contributed by atoms with E-state index in [0.29, 0.717) is 0 Å². The van der Waals surface area contributed by atoms with E-state index in [2.05, 4.69) is 6.66 Å². The molecular formula is C13H12FPS. The maximum atomic E-state index is 12.9. The van der Waals surface area contributed by atoms with Crippen molar-refractivity contribution in [1.82, 2.24) is 0 Å². The molecule has 0 radical (unpaired) electrons. The van der Waals surface area contributed by atoms with E-state index in [0.717, 1.165) is 10.6 Å². The second-order valence-electron chi connectivity index (χ2n) is 3.74. The molecule has 0 amide bonds. The lowest BCUT2D eigenvalue weighted by Crippen LogP contribution is -2.14. The lowest BCUT2D eigenvalue weighted by Gasteiger charge is -2.17. The average Bonchev–Trinajstić information content (AvgIpc) is 2.31. The lowest BCUT2D eigenvalue weighted by atomic mass is 10.3. The van der Waals surface area contributed by atoms with Crippen molar-refractivity contribution >= 4 is 28.5 Å². The van der Waals surface area contributed by atoms with Gasteiger partial charge in [0, 0.05) is 6.04 Å². The van der Waals surface area contributed by atoms with E-state index in [4.69, 9.17) is 11.8 Å². The smallest absolute Gasteiger partial charge is 0.123 e. The van der Waals surface area contributed by atoms with Crippen molar-refractivity contribution in [3.63, 3.8) is 0 Å². The Labute approximate surface area is 100 Å². The first-order chi connectivity index (χ1) is 7.60. The summed E-state index contributed by atoms with van der Waals surface area (Å²) in [6, 6.07) is 14.8. The van der Waals surface area contributed by atoms with Gasteiger partial charge in [-0.2, -0.15) is 0 Å². The van der Waals surface area contributed by atoms with Gasteiger partial charge in [-0.05, 0) is 29.4 Å². The summed E-state index contributed by atoms with van der Waals surface area (Å²) < 4.78 is 12.9. The maximum absolute atomic E-state index is 12.9. The van der Waals surface area contributed by atoms with Crippen molar-refractivity contribution in [2.45, 2.75) is 0 Å². The fraction of sp³-hybridized carbons (Fsp3) is 0.0769. The minimum atomic E-state index is -1.75. The van der Waals surface area contributed by atoms with Crippen LogP contribution in [0.15, 0.2) is 54.6 Å². The zero-order chi connectivity index (χ0) is 11.6. The van der Waals surface area contributed by atoms with Crippen molar-refractivity contribution in [1.29, 1.82) is 0 Å². The first-order valence-electron chi connectivity index (χ1n) is 5.00. The summed E-state index contributed by atoms with van der Waals surface area (Å²) in [6.45, 7) is 2.07. The van der Waals surface area contributed by atoms with Crippen LogP contribution in [0.1, 0.15) is 0 Å². The van der Waals surface area contributed by atoms with Gasteiger partial charge in [0.15, 0.2) is 0 Å². The van der Waals surface area contributed by atoms with Gasteiger partial charge in [-0.3, -0.25) is 0 Å². The summed E-state index contributed by atoms with van der Waals surface area (Å²) in [5.74, 6) is -0.216. The van der Waals surface area contributed by atoms with E-state index in [1.807, 2.05) is 30.3 Å². The van der Waals surface area contributed by atoms with Crippen LogP contribution in [0.25, 0.3) is 0 Å². The fourth-order valence-electron chi connectivity index (χ4n) is 1.59. The van der Waals surface area contributed by atoms with Crippen LogP contribution in [-0.4, -0.2) is 6.66 Å². The Hall–Kier alpha value is -0.980. The van der Waals surface area contributed by atoms with Gasteiger partial charge in [-0.15, -0.1) is 0 Å². The van der Waals surface area contributed by atoms with Crippen LogP contribution in [0, 0.1) is 5.82 Å². The maximum Gasteiger partial charge on any atom is 0.123 e. The molecule has 0 saturated carbocycles. The van der Waals surface area contributed by atoms with Crippen LogP contribution >= 0.6 is 6.04 Å². The van der Waals surface area contributed by atoms with E-state index in [9.17, 15) is 4.39 Å². The molecule has 0 fully saturated rings. The highest BCUT2D eigenvalue weighted by Gasteiger charge is 2.15. The predicted molar refractivity (Wildman–Crippen MR) is 72.3 cm³/mol. The summed E-state index contributed by atoms with van der Waals surface area (Å²) in [4.78, 5) is 0. The van der Waals surface area contributed by atoms with Gasteiger partial charge < -0.3 is 0 Å². The normalized spacial score (nSPS) is 14.4. The molecular weight excluding hydrogens is 238 g/mol. The Balaban J connectivity index is 2.47. The molecule has 0 N–H and O–H groups in total. The van der Waals surface area contributed by atoms with Gasteiger partial charge in [-0.1, -0.05) is 54.3 Å². The SMILES string of the molecule is CP(=S)(c1ccccc1)c1ccc(F)cc1. The second-order valence-corrected chi connectivity index (χ2v) is 8.81. The number of hydrogen-bond acceptors (Lipinski definition) is 1. The molecule has 0 bridgehead atoms. The minimum Gasteiger partial charge on any atom is -0.207 e. The molecule has 2 aromatic rings. The quantitative estimate of drug-likeness (QED) is 0.738. The Morgan fingerprint density at radius 1 is 0.875 bits per heavy atom. The van der Waals surface area contributed by atoms with Crippen molar-refractivity contribution in [2.75, 3.05) is 6.66 Å². The minimum absolute atomic E-state index is 0.216. The predicted octanol–water partition coefficient (Wildman–Crippen LogP) is 2.89. The Morgan fingerprint density at radius 2 is 1.38 bits per heavy atom.